The smallest absolute Gasteiger partial charge is 0.274 e. The summed E-state index contributed by atoms with van der Waals surface area (Å²) in [4.78, 5) is 15.6. The fourth-order valence-electron chi connectivity index (χ4n) is 1.58. The number of halogens is 1. The summed E-state index contributed by atoms with van der Waals surface area (Å²) in [7, 11) is 0. The van der Waals surface area contributed by atoms with Gasteiger partial charge in [0, 0.05) is 11.3 Å². The van der Waals surface area contributed by atoms with E-state index in [2.05, 4.69) is 15.5 Å². The molecule has 1 heterocycles. The van der Waals surface area contributed by atoms with Crippen LogP contribution in [0.15, 0.2) is 47.8 Å². The lowest BCUT2D eigenvalue weighted by Gasteiger charge is -2.06. The van der Waals surface area contributed by atoms with Gasteiger partial charge in [0.15, 0.2) is 0 Å². The molecule has 5 nitrogen and oxygen atoms in total. The van der Waals surface area contributed by atoms with Gasteiger partial charge in [0.1, 0.15) is 11.5 Å². The van der Waals surface area contributed by atoms with Crippen molar-refractivity contribution in [2.45, 2.75) is 6.92 Å². The topological polar surface area (TPSA) is 74.6 Å². The fraction of sp³-hybridized carbons (Fsp3) is 0.0714. The van der Waals surface area contributed by atoms with Crippen LogP contribution in [0.1, 0.15) is 23.0 Å². The second-order valence-electron chi connectivity index (χ2n) is 4.08. The highest BCUT2D eigenvalue weighted by molar-refractivity contribution is 6.04. The van der Waals surface area contributed by atoms with Crippen molar-refractivity contribution in [3.63, 3.8) is 0 Å². The van der Waals surface area contributed by atoms with E-state index in [9.17, 15) is 9.18 Å². The molecule has 1 amide bonds. The number of pyridine rings is 1. The second-order valence-corrected chi connectivity index (χ2v) is 4.08. The van der Waals surface area contributed by atoms with Gasteiger partial charge in [-0.15, -0.1) is 0 Å². The van der Waals surface area contributed by atoms with Gasteiger partial charge in [-0.2, -0.15) is 0 Å². The number of nitrogens with one attached hydrogen (secondary N) is 1. The Morgan fingerprint density at radius 2 is 2.15 bits per heavy atom. The number of aromatic nitrogens is 1. The quantitative estimate of drug-likeness (QED) is 0.513. The Labute approximate surface area is 114 Å². The first-order valence-corrected chi connectivity index (χ1v) is 5.82. The molecular formula is C14H12FN3O2. The van der Waals surface area contributed by atoms with Gasteiger partial charge in [-0.05, 0) is 31.2 Å². The predicted octanol–water partition coefficient (Wildman–Crippen LogP) is 2.67. The van der Waals surface area contributed by atoms with E-state index in [1.807, 2.05) is 0 Å². The molecule has 0 fully saturated rings. The first-order chi connectivity index (χ1) is 9.60. The summed E-state index contributed by atoms with van der Waals surface area (Å²) in [6.45, 7) is 1.64. The van der Waals surface area contributed by atoms with E-state index < -0.39 is 11.7 Å². The Kier molecular flexibility index (Phi) is 4.05. The standard InChI is InChI=1S/C14H12FN3O2/c1-9(18-20)10-3-2-4-12(7-10)17-14(19)13-6-5-11(15)8-16-13/h2-8,20H,1H3,(H,17,19)/b18-9-. The normalized spacial score (nSPS) is 11.2. The van der Waals surface area contributed by atoms with E-state index in [0.29, 0.717) is 17.0 Å². The van der Waals surface area contributed by atoms with E-state index in [4.69, 9.17) is 5.21 Å². The molecule has 0 aliphatic rings. The monoisotopic (exact) mass is 273 g/mol. The molecule has 2 N–H and O–H groups in total. The van der Waals surface area contributed by atoms with Crippen molar-refractivity contribution in [1.82, 2.24) is 4.98 Å². The summed E-state index contributed by atoms with van der Waals surface area (Å²) in [5.74, 6) is -0.945. The number of amides is 1. The van der Waals surface area contributed by atoms with Crippen LogP contribution >= 0.6 is 0 Å². The summed E-state index contributed by atoms with van der Waals surface area (Å²) >= 11 is 0. The first kappa shape index (κ1) is 13.7. The van der Waals surface area contributed by atoms with Gasteiger partial charge < -0.3 is 10.5 Å². The molecule has 0 atom stereocenters. The number of benzene rings is 1. The highest BCUT2D eigenvalue weighted by Gasteiger charge is 2.08. The molecule has 0 saturated carbocycles. The average molecular weight is 273 g/mol. The minimum Gasteiger partial charge on any atom is -0.411 e. The zero-order valence-electron chi connectivity index (χ0n) is 10.7. The summed E-state index contributed by atoms with van der Waals surface area (Å²) in [5, 5.41) is 14.5. The molecule has 0 radical (unpaired) electrons. The molecule has 0 aliphatic heterocycles. The largest absolute Gasteiger partial charge is 0.411 e. The third-order valence-corrected chi connectivity index (χ3v) is 2.65. The number of carbonyl (C=O) groups is 1. The molecule has 102 valence electrons. The number of hydrogen-bond donors (Lipinski definition) is 2. The molecule has 2 aromatic rings. The second kappa shape index (κ2) is 5.92. The highest BCUT2D eigenvalue weighted by atomic mass is 19.1. The average Bonchev–Trinajstić information content (AvgIpc) is 2.47. The van der Waals surface area contributed by atoms with E-state index in [1.165, 1.54) is 12.1 Å². The van der Waals surface area contributed by atoms with Gasteiger partial charge in [0.25, 0.3) is 5.91 Å². The molecule has 2 rings (SSSR count). The SMILES string of the molecule is C/C(=N/O)c1cccc(NC(=O)c2ccc(F)cn2)c1. The lowest BCUT2D eigenvalue weighted by atomic mass is 10.1. The van der Waals surface area contributed by atoms with Crippen LogP contribution in [0.25, 0.3) is 0 Å². The Hall–Kier alpha value is -2.76. The van der Waals surface area contributed by atoms with Crippen molar-refractivity contribution in [2.24, 2.45) is 5.16 Å². The number of hydrogen-bond acceptors (Lipinski definition) is 4. The highest BCUT2D eigenvalue weighted by Crippen LogP contribution is 2.12. The van der Waals surface area contributed by atoms with Crippen molar-refractivity contribution in [1.29, 1.82) is 0 Å². The van der Waals surface area contributed by atoms with Gasteiger partial charge in [-0.3, -0.25) is 4.79 Å². The van der Waals surface area contributed by atoms with Crippen LogP contribution in [0.3, 0.4) is 0 Å². The molecule has 0 bridgehead atoms. The molecule has 0 saturated heterocycles. The molecule has 0 unspecified atom stereocenters. The number of oxime groups is 1. The van der Waals surface area contributed by atoms with Crippen molar-refractivity contribution in [3.8, 4) is 0 Å². The van der Waals surface area contributed by atoms with Crippen LogP contribution in [0, 0.1) is 5.82 Å². The van der Waals surface area contributed by atoms with Crippen LogP contribution < -0.4 is 5.32 Å². The molecule has 20 heavy (non-hydrogen) atoms. The van der Waals surface area contributed by atoms with Crippen molar-refractivity contribution >= 4 is 17.3 Å². The van der Waals surface area contributed by atoms with E-state index >= 15 is 0 Å². The van der Waals surface area contributed by atoms with Gasteiger partial charge in [0.05, 0.1) is 11.9 Å². The third-order valence-electron chi connectivity index (χ3n) is 2.65. The lowest BCUT2D eigenvalue weighted by molar-refractivity contribution is 0.102. The molecular weight excluding hydrogens is 261 g/mol. The van der Waals surface area contributed by atoms with Crippen LogP contribution in [-0.4, -0.2) is 21.8 Å². The summed E-state index contributed by atoms with van der Waals surface area (Å²) in [6, 6.07) is 9.29. The third kappa shape index (κ3) is 3.17. The van der Waals surface area contributed by atoms with Gasteiger partial charge in [-0.25, -0.2) is 9.37 Å². The summed E-state index contributed by atoms with van der Waals surface area (Å²) in [5.41, 5.74) is 1.75. The first-order valence-electron chi connectivity index (χ1n) is 5.82. The number of carbonyl (C=O) groups excluding carboxylic acids is 1. The van der Waals surface area contributed by atoms with Gasteiger partial charge >= 0.3 is 0 Å². The molecule has 0 spiro atoms. The Bertz CT molecular complexity index is 654. The van der Waals surface area contributed by atoms with Crippen LogP contribution in [0.5, 0.6) is 0 Å². The maximum absolute atomic E-state index is 12.7. The van der Waals surface area contributed by atoms with Crippen LogP contribution in [-0.2, 0) is 0 Å². The minimum atomic E-state index is -0.502. The number of anilines is 1. The molecule has 1 aromatic carbocycles. The van der Waals surface area contributed by atoms with Crippen LogP contribution in [0.4, 0.5) is 10.1 Å². The van der Waals surface area contributed by atoms with Gasteiger partial charge in [0.2, 0.25) is 0 Å². The Morgan fingerprint density at radius 3 is 2.80 bits per heavy atom. The fourth-order valence-corrected chi connectivity index (χ4v) is 1.58. The van der Waals surface area contributed by atoms with E-state index in [1.54, 1.807) is 31.2 Å². The summed E-state index contributed by atoms with van der Waals surface area (Å²) in [6.07, 6.45) is 0.980. The van der Waals surface area contributed by atoms with E-state index in [0.717, 1.165) is 6.20 Å². The maximum Gasteiger partial charge on any atom is 0.274 e. The van der Waals surface area contributed by atoms with Crippen LogP contribution in [0.2, 0.25) is 0 Å². The molecule has 1 aromatic heterocycles. The lowest BCUT2D eigenvalue weighted by Crippen LogP contribution is -2.14. The van der Waals surface area contributed by atoms with Crippen molar-refractivity contribution in [3.05, 3.63) is 59.7 Å². The molecule has 0 aliphatic carbocycles. The summed E-state index contributed by atoms with van der Waals surface area (Å²) < 4.78 is 12.7. The Balaban J connectivity index is 2.17. The van der Waals surface area contributed by atoms with Crippen molar-refractivity contribution < 1.29 is 14.4 Å². The minimum absolute atomic E-state index is 0.115. The zero-order valence-corrected chi connectivity index (χ0v) is 10.7. The zero-order chi connectivity index (χ0) is 14.5. The van der Waals surface area contributed by atoms with E-state index in [-0.39, 0.29) is 5.69 Å². The maximum atomic E-state index is 12.7. The number of rotatable bonds is 3. The van der Waals surface area contributed by atoms with Gasteiger partial charge in [-0.1, -0.05) is 17.3 Å². The predicted molar refractivity (Wildman–Crippen MR) is 72.6 cm³/mol. The number of nitrogens with zero attached hydrogens (tertiary/aromatic N) is 2. The Morgan fingerprint density at radius 1 is 1.35 bits per heavy atom. The van der Waals surface area contributed by atoms with Crippen molar-refractivity contribution in [2.75, 3.05) is 5.32 Å². The molecule has 6 heteroatoms.